The lowest BCUT2D eigenvalue weighted by Gasteiger charge is -2.36. The van der Waals surface area contributed by atoms with Crippen molar-refractivity contribution in [1.82, 2.24) is 10.2 Å². The van der Waals surface area contributed by atoms with Crippen LogP contribution < -0.4 is 11.1 Å². The first kappa shape index (κ1) is 16.9. The summed E-state index contributed by atoms with van der Waals surface area (Å²) in [6, 6.07) is 5.51. The summed E-state index contributed by atoms with van der Waals surface area (Å²) in [5.74, 6) is -0.156. The van der Waals surface area contributed by atoms with Crippen LogP contribution in [0.1, 0.15) is 36.8 Å². The number of nitrogens with one attached hydrogen (secondary N) is 1. The highest BCUT2D eigenvalue weighted by molar-refractivity contribution is 5.76. The number of hydrogen-bond acceptors (Lipinski definition) is 3. The molecule has 0 radical (unpaired) electrons. The van der Waals surface area contributed by atoms with E-state index < -0.39 is 0 Å². The molecule has 22 heavy (non-hydrogen) atoms. The molecule has 3 N–H and O–H groups in total. The Morgan fingerprint density at radius 3 is 3.05 bits per heavy atom. The lowest BCUT2D eigenvalue weighted by Crippen LogP contribution is -2.46. The zero-order valence-corrected chi connectivity index (χ0v) is 13.3. The van der Waals surface area contributed by atoms with E-state index in [1.54, 1.807) is 6.07 Å². The summed E-state index contributed by atoms with van der Waals surface area (Å²) in [6.07, 6.45) is 3.68. The summed E-state index contributed by atoms with van der Waals surface area (Å²) in [6.45, 7) is 4.51. The highest BCUT2D eigenvalue weighted by Gasteiger charge is 2.23. The molecule has 122 valence electrons. The Morgan fingerprint density at radius 2 is 2.27 bits per heavy atom. The molecule has 1 amide bonds. The maximum atomic E-state index is 14.0. The molecule has 2 rings (SSSR count). The van der Waals surface area contributed by atoms with Gasteiger partial charge >= 0.3 is 0 Å². The summed E-state index contributed by atoms with van der Waals surface area (Å²) >= 11 is 0. The third-order valence-electron chi connectivity index (χ3n) is 4.23. The fourth-order valence-electron chi connectivity index (χ4n) is 2.99. The van der Waals surface area contributed by atoms with Crippen molar-refractivity contribution >= 4 is 5.91 Å². The number of likely N-dealkylation sites (tertiary alicyclic amines) is 1. The second-order valence-electron chi connectivity index (χ2n) is 6.06. The predicted molar refractivity (Wildman–Crippen MR) is 85.9 cm³/mol. The van der Waals surface area contributed by atoms with Gasteiger partial charge in [0.1, 0.15) is 5.82 Å². The van der Waals surface area contributed by atoms with Crippen molar-refractivity contribution in [3.63, 3.8) is 0 Å². The number of nitrogens with two attached hydrogens (primary N) is 1. The lowest BCUT2D eigenvalue weighted by atomic mass is 10.0. The second-order valence-corrected chi connectivity index (χ2v) is 6.06. The molecule has 1 atom stereocenters. The average molecular weight is 307 g/mol. The molecule has 0 saturated carbocycles. The van der Waals surface area contributed by atoms with E-state index in [9.17, 15) is 9.18 Å². The fourth-order valence-corrected chi connectivity index (χ4v) is 2.99. The van der Waals surface area contributed by atoms with Gasteiger partial charge < -0.3 is 11.1 Å². The fraction of sp³-hybridized carbons (Fsp3) is 0.588. The minimum atomic E-state index is -0.151. The van der Waals surface area contributed by atoms with Crippen LogP contribution in [0.15, 0.2) is 18.2 Å². The molecule has 1 aliphatic rings. The highest BCUT2D eigenvalue weighted by Crippen LogP contribution is 2.21. The van der Waals surface area contributed by atoms with E-state index in [1.807, 2.05) is 13.0 Å². The van der Waals surface area contributed by atoms with Gasteiger partial charge in [-0.3, -0.25) is 9.69 Å². The first-order valence-electron chi connectivity index (χ1n) is 8.06. The van der Waals surface area contributed by atoms with E-state index in [-0.39, 0.29) is 17.8 Å². The standard InChI is InChI=1S/C17H26FN3O/c1-13-5-6-16(18)14(10-13)12-21-9-3-2-4-15(21)11-20-17(22)7-8-19/h5-6,10,15H,2-4,7-9,11-12,19H2,1H3,(H,20,22). The van der Waals surface area contributed by atoms with Crippen molar-refractivity contribution in [1.29, 1.82) is 0 Å². The van der Waals surface area contributed by atoms with E-state index in [0.29, 0.717) is 26.1 Å². The van der Waals surface area contributed by atoms with Crippen molar-refractivity contribution in [3.8, 4) is 0 Å². The Balaban J connectivity index is 1.97. The van der Waals surface area contributed by atoms with Crippen LogP contribution in [0.2, 0.25) is 0 Å². The first-order valence-corrected chi connectivity index (χ1v) is 8.06. The van der Waals surface area contributed by atoms with E-state index in [4.69, 9.17) is 5.73 Å². The number of halogens is 1. The van der Waals surface area contributed by atoms with Crippen LogP contribution in [0.4, 0.5) is 4.39 Å². The number of carbonyl (C=O) groups is 1. The number of rotatable bonds is 6. The molecule has 4 nitrogen and oxygen atoms in total. The molecule has 1 fully saturated rings. The second kappa shape index (κ2) is 8.25. The van der Waals surface area contributed by atoms with Crippen molar-refractivity contribution in [3.05, 3.63) is 35.1 Å². The topological polar surface area (TPSA) is 58.4 Å². The Hall–Kier alpha value is -1.46. The van der Waals surface area contributed by atoms with Crippen molar-refractivity contribution in [2.45, 2.75) is 45.2 Å². The van der Waals surface area contributed by atoms with Gasteiger partial charge in [0.2, 0.25) is 5.91 Å². The number of nitrogens with zero attached hydrogens (tertiary/aromatic N) is 1. The van der Waals surface area contributed by atoms with Gasteiger partial charge in [-0.25, -0.2) is 4.39 Å². The molecule has 0 spiro atoms. The van der Waals surface area contributed by atoms with Crippen LogP contribution >= 0.6 is 0 Å². The molecule has 1 heterocycles. The monoisotopic (exact) mass is 307 g/mol. The van der Waals surface area contributed by atoms with Gasteiger partial charge in [-0.2, -0.15) is 0 Å². The smallest absolute Gasteiger partial charge is 0.221 e. The van der Waals surface area contributed by atoms with E-state index >= 15 is 0 Å². The third kappa shape index (κ3) is 4.78. The summed E-state index contributed by atoms with van der Waals surface area (Å²) in [5, 5.41) is 2.94. The zero-order valence-electron chi connectivity index (χ0n) is 13.3. The number of hydrogen-bond donors (Lipinski definition) is 2. The number of amides is 1. The lowest BCUT2D eigenvalue weighted by molar-refractivity contribution is -0.121. The van der Waals surface area contributed by atoms with Crippen LogP contribution in [0.5, 0.6) is 0 Å². The summed E-state index contributed by atoms with van der Waals surface area (Å²) < 4.78 is 14.0. The predicted octanol–water partition coefficient (Wildman–Crippen LogP) is 1.95. The molecule has 1 saturated heterocycles. The van der Waals surface area contributed by atoms with Crippen LogP contribution in [0.3, 0.4) is 0 Å². The Morgan fingerprint density at radius 1 is 1.45 bits per heavy atom. The summed E-state index contributed by atoms with van der Waals surface area (Å²) in [4.78, 5) is 13.9. The molecular formula is C17H26FN3O. The van der Waals surface area contributed by atoms with Gasteiger partial charge in [-0.1, -0.05) is 24.1 Å². The largest absolute Gasteiger partial charge is 0.354 e. The molecule has 5 heteroatoms. The van der Waals surface area contributed by atoms with Gasteiger partial charge in [-0.05, 0) is 32.4 Å². The molecule has 0 bridgehead atoms. The quantitative estimate of drug-likeness (QED) is 0.844. The number of carbonyl (C=O) groups excluding carboxylic acids is 1. The van der Waals surface area contributed by atoms with E-state index in [2.05, 4.69) is 10.2 Å². The van der Waals surface area contributed by atoms with Crippen LogP contribution in [0, 0.1) is 12.7 Å². The van der Waals surface area contributed by atoms with Crippen molar-refractivity contribution in [2.75, 3.05) is 19.6 Å². The summed E-state index contributed by atoms with van der Waals surface area (Å²) in [5.41, 5.74) is 7.19. The Kier molecular flexibility index (Phi) is 6.34. The third-order valence-corrected chi connectivity index (χ3v) is 4.23. The van der Waals surface area contributed by atoms with E-state index in [0.717, 1.165) is 36.9 Å². The van der Waals surface area contributed by atoms with Crippen LogP contribution in [0.25, 0.3) is 0 Å². The maximum absolute atomic E-state index is 14.0. The average Bonchev–Trinajstić information content (AvgIpc) is 2.50. The molecule has 0 aromatic heterocycles. The maximum Gasteiger partial charge on any atom is 0.221 e. The Labute approximate surface area is 131 Å². The Bertz CT molecular complexity index is 507. The van der Waals surface area contributed by atoms with Gasteiger partial charge in [-0.15, -0.1) is 0 Å². The number of benzene rings is 1. The molecule has 0 aliphatic carbocycles. The van der Waals surface area contributed by atoms with Gasteiger partial charge in [0.15, 0.2) is 0 Å². The minimum Gasteiger partial charge on any atom is -0.354 e. The SMILES string of the molecule is Cc1ccc(F)c(CN2CCCCC2CNC(=O)CCN)c1. The van der Waals surface area contributed by atoms with Crippen molar-refractivity contribution in [2.24, 2.45) is 5.73 Å². The first-order chi connectivity index (χ1) is 10.6. The van der Waals surface area contributed by atoms with Gasteiger partial charge in [0, 0.05) is 37.7 Å². The zero-order chi connectivity index (χ0) is 15.9. The number of piperidine rings is 1. The molecular weight excluding hydrogens is 281 g/mol. The molecule has 1 aromatic carbocycles. The highest BCUT2D eigenvalue weighted by atomic mass is 19.1. The molecule has 1 aromatic rings. The van der Waals surface area contributed by atoms with Gasteiger partial charge in [0.05, 0.1) is 0 Å². The number of aryl methyl sites for hydroxylation is 1. The minimum absolute atomic E-state index is 0.00485. The summed E-state index contributed by atoms with van der Waals surface area (Å²) in [7, 11) is 0. The van der Waals surface area contributed by atoms with Gasteiger partial charge in [0.25, 0.3) is 0 Å². The van der Waals surface area contributed by atoms with Crippen molar-refractivity contribution < 1.29 is 9.18 Å². The van der Waals surface area contributed by atoms with E-state index in [1.165, 1.54) is 6.07 Å². The molecule has 1 unspecified atom stereocenters. The van der Waals surface area contributed by atoms with Crippen LogP contribution in [-0.2, 0) is 11.3 Å². The normalized spacial score (nSPS) is 19.1. The van der Waals surface area contributed by atoms with Crippen LogP contribution in [-0.4, -0.2) is 36.5 Å². The molecule has 1 aliphatic heterocycles.